The van der Waals surface area contributed by atoms with Crippen molar-refractivity contribution in [1.29, 1.82) is 0 Å². The summed E-state index contributed by atoms with van der Waals surface area (Å²) in [5.41, 5.74) is -1.97. The van der Waals surface area contributed by atoms with E-state index in [1.54, 1.807) is 22.0 Å². The molecule has 1 N–H and O–H groups in total. The second-order valence-electron chi connectivity index (χ2n) is 10.3. The van der Waals surface area contributed by atoms with E-state index in [1.807, 2.05) is 27.7 Å². The number of amides is 2. The van der Waals surface area contributed by atoms with Crippen LogP contribution in [0.3, 0.4) is 0 Å². The minimum Gasteiger partial charge on any atom is -0.465 e. The van der Waals surface area contributed by atoms with E-state index in [0.29, 0.717) is 38.8 Å². The highest BCUT2D eigenvalue weighted by molar-refractivity contribution is 5.98. The van der Waals surface area contributed by atoms with Gasteiger partial charge in [-0.05, 0) is 52.4 Å². The smallest absolute Gasteiger partial charge is 0.312 e. The lowest BCUT2D eigenvalue weighted by molar-refractivity contribution is -0.162. The second kappa shape index (κ2) is 10.2. The van der Waals surface area contributed by atoms with E-state index >= 15 is 0 Å². The minimum atomic E-state index is -1.09. The van der Waals surface area contributed by atoms with Gasteiger partial charge in [0.1, 0.15) is 17.6 Å². The lowest BCUT2D eigenvalue weighted by atomic mass is 9.62. The number of rotatable bonds is 12. The first-order valence-corrected chi connectivity index (χ1v) is 12.4. The largest absolute Gasteiger partial charge is 0.465 e. The van der Waals surface area contributed by atoms with Gasteiger partial charge in [-0.1, -0.05) is 19.1 Å². The Morgan fingerprint density at radius 2 is 2.03 bits per heavy atom. The Morgan fingerprint density at radius 1 is 1.32 bits per heavy atom. The number of carbonyl (C=O) groups is 3. The monoisotopic (exact) mass is 476 g/mol. The molecule has 8 nitrogen and oxygen atoms in total. The maximum atomic E-state index is 14.0. The van der Waals surface area contributed by atoms with Gasteiger partial charge < -0.3 is 24.4 Å². The topological polar surface area (TPSA) is 96.4 Å². The molecule has 6 atom stereocenters. The van der Waals surface area contributed by atoms with Crippen LogP contribution in [0.15, 0.2) is 25.3 Å². The van der Waals surface area contributed by atoms with Crippen molar-refractivity contribution in [2.75, 3.05) is 26.3 Å². The van der Waals surface area contributed by atoms with Gasteiger partial charge in [0, 0.05) is 25.7 Å². The van der Waals surface area contributed by atoms with Crippen LogP contribution in [0.4, 0.5) is 0 Å². The SMILES string of the molecule is C=CCCOC(=O)[C@H]1[C@H]2C(=O)N(CCCCO)C(C(=O)N(CC=C)C(C)C)C23CC(C)[C@]1(C)O3. The van der Waals surface area contributed by atoms with Crippen molar-refractivity contribution in [2.45, 2.75) is 76.7 Å². The van der Waals surface area contributed by atoms with Gasteiger partial charge >= 0.3 is 5.97 Å². The maximum absolute atomic E-state index is 14.0. The quantitative estimate of drug-likeness (QED) is 0.264. The van der Waals surface area contributed by atoms with Crippen LogP contribution >= 0.6 is 0 Å². The van der Waals surface area contributed by atoms with Gasteiger partial charge in [0.15, 0.2) is 0 Å². The van der Waals surface area contributed by atoms with Gasteiger partial charge in [0.25, 0.3) is 0 Å². The van der Waals surface area contributed by atoms with Crippen LogP contribution in [0.5, 0.6) is 0 Å². The van der Waals surface area contributed by atoms with Crippen molar-refractivity contribution >= 4 is 17.8 Å². The Bertz CT molecular complexity index is 828. The first-order valence-electron chi connectivity index (χ1n) is 12.4. The van der Waals surface area contributed by atoms with E-state index < -0.39 is 35.0 Å². The number of unbranched alkanes of at least 4 members (excludes halogenated alkanes) is 1. The highest BCUT2D eigenvalue weighted by Gasteiger charge is 2.80. The number of hydrogen-bond donors (Lipinski definition) is 1. The number of carbonyl (C=O) groups excluding carboxylic acids is 3. The molecule has 0 radical (unpaired) electrons. The Hall–Kier alpha value is -2.19. The molecule has 0 aliphatic carbocycles. The Kier molecular flexibility index (Phi) is 7.92. The lowest BCUT2D eigenvalue weighted by Gasteiger charge is -2.38. The standard InChI is InChI=1S/C26H40N2O6/c1-7-9-15-33-24(32)20-19-22(30)28(13-10-11-14-29)21(23(31)27(12-8-2)17(3)4)26(19)16-18(5)25(20,6)34-26/h7-8,17-21,29H,1-2,9-16H2,3-6H3/t18?,19-,20+,21?,25-,26?/m0/s1. The van der Waals surface area contributed by atoms with Gasteiger partial charge in [-0.15, -0.1) is 13.2 Å². The van der Waals surface area contributed by atoms with Crippen molar-refractivity contribution in [3.05, 3.63) is 25.3 Å². The van der Waals surface area contributed by atoms with Crippen LogP contribution in [0, 0.1) is 17.8 Å². The van der Waals surface area contributed by atoms with Crippen LogP contribution in [0.25, 0.3) is 0 Å². The lowest BCUT2D eigenvalue weighted by Crippen LogP contribution is -2.57. The Balaban J connectivity index is 2.05. The summed E-state index contributed by atoms with van der Waals surface area (Å²) in [6, 6.07) is -0.928. The molecule has 0 aromatic rings. The first kappa shape index (κ1) is 26.4. The van der Waals surface area contributed by atoms with E-state index in [9.17, 15) is 19.5 Å². The molecule has 3 heterocycles. The predicted octanol–water partition coefficient (Wildman–Crippen LogP) is 2.31. The third-order valence-corrected chi connectivity index (χ3v) is 7.91. The molecule has 3 aliphatic rings. The summed E-state index contributed by atoms with van der Waals surface area (Å²) < 4.78 is 12.2. The van der Waals surface area contributed by atoms with Crippen molar-refractivity contribution in [1.82, 2.24) is 9.80 Å². The molecule has 8 heteroatoms. The highest BCUT2D eigenvalue weighted by atomic mass is 16.6. The molecule has 3 rings (SSSR count). The summed E-state index contributed by atoms with van der Waals surface area (Å²) in [7, 11) is 0. The van der Waals surface area contributed by atoms with Crippen molar-refractivity contribution in [3.63, 3.8) is 0 Å². The summed E-state index contributed by atoms with van der Waals surface area (Å²) in [4.78, 5) is 44.5. The Morgan fingerprint density at radius 3 is 2.62 bits per heavy atom. The fraction of sp³-hybridized carbons (Fsp3) is 0.731. The van der Waals surface area contributed by atoms with Gasteiger partial charge in [0.2, 0.25) is 11.8 Å². The summed E-state index contributed by atoms with van der Waals surface area (Å²) in [6.45, 7) is 16.1. The number of fused-ring (bicyclic) bond motifs is 1. The molecular weight excluding hydrogens is 436 g/mol. The van der Waals surface area contributed by atoms with Crippen molar-refractivity contribution < 1.29 is 29.0 Å². The van der Waals surface area contributed by atoms with Gasteiger partial charge in [-0.3, -0.25) is 14.4 Å². The fourth-order valence-corrected chi connectivity index (χ4v) is 6.19. The first-order chi connectivity index (χ1) is 16.1. The molecule has 3 unspecified atom stereocenters. The Labute approximate surface area is 202 Å². The van der Waals surface area contributed by atoms with E-state index in [4.69, 9.17) is 9.47 Å². The third kappa shape index (κ3) is 4.09. The summed E-state index contributed by atoms with van der Waals surface area (Å²) in [5.74, 6) is -2.46. The molecule has 190 valence electrons. The number of esters is 1. The molecule has 2 amide bonds. The zero-order chi connectivity index (χ0) is 25.3. The summed E-state index contributed by atoms with van der Waals surface area (Å²) >= 11 is 0. The van der Waals surface area contributed by atoms with E-state index in [2.05, 4.69) is 13.2 Å². The van der Waals surface area contributed by atoms with Gasteiger partial charge in [-0.25, -0.2) is 0 Å². The number of aliphatic hydroxyl groups excluding tert-OH is 1. The predicted molar refractivity (Wildman–Crippen MR) is 128 cm³/mol. The summed E-state index contributed by atoms with van der Waals surface area (Å²) in [6.07, 6.45) is 5.47. The molecule has 3 aliphatic heterocycles. The highest BCUT2D eigenvalue weighted by Crippen LogP contribution is 2.65. The third-order valence-electron chi connectivity index (χ3n) is 7.91. The number of aliphatic hydroxyl groups is 1. The number of likely N-dealkylation sites (tertiary alicyclic amines) is 1. The molecular formula is C26H40N2O6. The molecule has 3 fully saturated rings. The average molecular weight is 477 g/mol. The van der Waals surface area contributed by atoms with Gasteiger partial charge in [-0.2, -0.15) is 0 Å². The molecule has 0 saturated carbocycles. The van der Waals surface area contributed by atoms with Gasteiger partial charge in [0.05, 0.1) is 18.1 Å². The molecule has 34 heavy (non-hydrogen) atoms. The summed E-state index contributed by atoms with van der Waals surface area (Å²) in [5, 5.41) is 9.28. The van der Waals surface area contributed by atoms with E-state index in [-0.39, 0.29) is 37.0 Å². The molecule has 3 saturated heterocycles. The number of hydrogen-bond acceptors (Lipinski definition) is 6. The van der Waals surface area contributed by atoms with Crippen LogP contribution in [-0.2, 0) is 23.9 Å². The average Bonchev–Trinajstić information content (AvgIpc) is 3.29. The van der Waals surface area contributed by atoms with Crippen molar-refractivity contribution in [2.24, 2.45) is 17.8 Å². The zero-order valence-electron chi connectivity index (χ0n) is 21.0. The van der Waals surface area contributed by atoms with Crippen LogP contribution in [0.2, 0.25) is 0 Å². The van der Waals surface area contributed by atoms with E-state index in [0.717, 1.165) is 0 Å². The fourth-order valence-electron chi connectivity index (χ4n) is 6.19. The molecule has 1 spiro atoms. The van der Waals surface area contributed by atoms with Crippen molar-refractivity contribution in [3.8, 4) is 0 Å². The molecule has 0 aromatic heterocycles. The van der Waals surface area contributed by atoms with Crippen LogP contribution in [0.1, 0.15) is 53.4 Å². The normalized spacial score (nSPS) is 33.8. The number of ether oxygens (including phenoxy) is 2. The molecule has 2 bridgehead atoms. The van der Waals surface area contributed by atoms with Crippen LogP contribution < -0.4 is 0 Å². The van der Waals surface area contributed by atoms with Crippen LogP contribution in [-0.4, -0.2) is 82.3 Å². The number of nitrogens with zero attached hydrogens (tertiary/aromatic N) is 2. The minimum absolute atomic E-state index is 0.00760. The second-order valence-corrected chi connectivity index (χ2v) is 10.3. The maximum Gasteiger partial charge on any atom is 0.312 e. The molecule has 0 aromatic carbocycles. The zero-order valence-corrected chi connectivity index (χ0v) is 21.0. The van der Waals surface area contributed by atoms with E-state index in [1.165, 1.54) is 0 Å².